The highest BCUT2D eigenvalue weighted by Crippen LogP contribution is 2.54. The van der Waals surface area contributed by atoms with E-state index >= 15 is 0 Å². The Morgan fingerprint density at radius 2 is 1.76 bits per heavy atom. The zero-order chi connectivity index (χ0) is 15.9. The first-order valence-electron chi connectivity index (χ1n) is 7.70. The van der Waals surface area contributed by atoms with E-state index in [0.717, 1.165) is 6.29 Å². The lowest BCUT2D eigenvalue weighted by Crippen LogP contribution is -2.65. The van der Waals surface area contributed by atoms with E-state index in [1.54, 1.807) is 0 Å². The summed E-state index contributed by atoms with van der Waals surface area (Å²) in [7, 11) is -2.44. The minimum atomic E-state index is -2.44. The third-order valence-corrected chi connectivity index (χ3v) is 9.41. The van der Waals surface area contributed by atoms with Crippen molar-refractivity contribution in [3.05, 3.63) is 12.2 Å². The number of hydrogen-bond acceptors (Lipinski definition) is 4. The van der Waals surface area contributed by atoms with Gasteiger partial charge in [0.15, 0.2) is 0 Å². The standard InChI is InChI=1S/C16H28O4Si/c1-15(2,3)21(16(4,5)6)18-11-14-13(20-21)8-7-12(19-14)9-10-17/h7-8,10,12-14H,9,11H2,1-6H3/t12-,13+,14-/m1/s1. The van der Waals surface area contributed by atoms with E-state index in [4.69, 9.17) is 13.6 Å². The Labute approximate surface area is 129 Å². The molecule has 120 valence electrons. The van der Waals surface area contributed by atoms with Crippen molar-refractivity contribution in [2.45, 2.75) is 76.4 Å². The smallest absolute Gasteiger partial charge is 0.349 e. The van der Waals surface area contributed by atoms with Gasteiger partial charge in [0.05, 0.1) is 18.8 Å². The van der Waals surface area contributed by atoms with Gasteiger partial charge in [-0.15, -0.1) is 0 Å². The fourth-order valence-electron chi connectivity index (χ4n) is 3.52. The molecule has 2 aliphatic rings. The summed E-state index contributed by atoms with van der Waals surface area (Å²) in [5.74, 6) is 0. The van der Waals surface area contributed by atoms with Gasteiger partial charge in [0.25, 0.3) is 0 Å². The molecule has 2 aliphatic heterocycles. The fraction of sp³-hybridized carbons (Fsp3) is 0.812. The minimum Gasteiger partial charge on any atom is -0.391 e. The van der Waals surface area contributed by atoms with Crippen LogP contribution < -0.4 is 0 Å². The molecule has 21 heavy (non-hydrogen) atoms. The molecule has 2 rings (SSSR count). The van der Waals surface area contributed by atoms with Gasteiger partial charge in [-0.05, 0) is 0 Å². The molecule has 1 fully saturated rings. The molecule has 0 spiro atoms. The van der Waals surface area contributed by atoms with Gasteiger partial charge in [-0.25, -0.2) is 0 Å². The number of fused-ring (bicyclic) bond motifs is 1. The van der Waals surface area contributed by atoms with Gasteiger partial charge in [0.2, 0.25) is 0 Å². The van der Waals surface area contributed by atoms with Crippen LogP contribution in [0.5, 0.6) is 0 Å². The third-order valence-electron chi connectivity index (χ3n) is 4.29. The molecule has 0 radical (unpaired) electrons. The highest BCUT2D eigenvalue weighted by Gasteiger charge is 2.62. The van der Waals surface area contributed by atoms with Crippen LogP contribution in [0.25, 0.3) is 0 Å². The van der Waals surface area contributed by atoms with Crippen LogP contribution in [0.1, 0.15) is 48.0 Å². The molecule has 0 aromatic heterocycles. The molecule has 0 bridgehead atoms. The largest absolute Gasteiger partial charge is 0.391 e. The number of aldehydes is 1. The minimum absolute atomic E-state index is 0.0241. The molecule has 0 N–H and O–H groups in total. The van der Waals surface area contributed by atoms with E-state index in [0.29, 0.717) is 13.0 Å². The monoisotopic (exact) mass is 312 g/mol. The summed E-state index contributed by atoms with van der Waals surface area (Å²) in [5.41, 5.74) is 0. The van der Waals surface area contributed by atoms with Crippen molar-refractivity contribution in [3.8, 4) is 0 Å². The second-order valence-electron chi connectivity index (χ2n) is 8.01. The third kappa shape index (κ3) is 3.02. The van der Waals surface area contributed by atoms with Gasteiger partial charge in [-0.1, -0.05) is 53.7 Å². The SMILES string of the molecule is CC(C)(C)[Si]1(C(C)(C)C)OC[C@H]2O[C@@H](CC=O)C=C[C@@H]2O1. The Morgan fingerprint density at radius 3 is 2.29 bits per heavy atom. The molecule has 2 heterocycles. The van der Waals surface area contributed by atoms with Crippen LogP contribution in [0.3, 0.4) is 0 Å². The van der Waals surface area contributed by atoms with Crippen molar-refractivity contribution in [1.82, 2.24) is 0 Å². The Hall–Kier alpha value is -0.493. The molecule has 5 heteroatoms. The second-order valence-corrected chi connectivity index (χ2v) is 12.8. The molecular formula is C16H28O4Si. The zero-order valence-electron chi connectivity index (χ0n) is 14.0. The lowest BCUT2D eigenvalue weighted by molar-refractivity contribution is -0.125. The lowest BCUT2D eigenvalue weighted by Gasteiger charge is -2.55. The summed E-state index contributed by atoms with van der Waals surface area (Å²) in [5, 5.41) is -0.0482. The summed E-state index contributed by atoms with van der Waals surface area (Å²) in [6.45, 7) is 13.8. The Morgan fingerprint density at radius 1 is 1.14 bits per heavy atom. The highest BCUT2D eigenvalue weighted by atomic mass is 28.4. The van der Waals surface area contributed by atoms with Gasteiger partial charge in [-0.3, -0.25) is 0 Å². The number of rotatable bonds is 2. The zero-order valence-corrected chi connectivity index (χ0v) is 15.0. The quantitative estimate of drug-likeness (QED) is 0.445. The van der Waals surface area contributed by atoms with Crippen LogP contribution in [0.4, 0.5) is 0 Å². The van der Waals surface area contributed by atoms with E-state index in [9.17, 15) is 4.79 Å². The predicted molar refractivity (Wildman–Crippen MR) is 84.5 cm³/mol. The van der Waals surface area contributed by atoms with Crippen LogP contribution in [-0.2, 0) is 18.4 Å². The van der Waals surface area contributed by atoms with E-state index in [1.165, 1.54) is 0 Å². The molecule has 0 amide bonds. The van der Waals surface area contributed by atoms with E-state index in [-0.39, 0.29) is 28.4 Å². The van der Waals surface area contributed by atoms with Gasteiger partial charge < -0.3 is 18.4 Å². The maximum atomic E-state index is 10.6. The number of carbonyl (C=O) groups excluding carboxylic acids is 1. The molecule has 0 aromatic rings. The van der Waals surface area contributed by atoms with Crippen molar-refractivity contribution in [2.75, 3.05) is 6.61 Å². The van der Waals surface area contributed by atoms with Crippen molar-refractivity contribution in [3.63, 3.8) is 0 Å². The topological polar surface area (TPSA) is 44.8 Å². The van der Waals surface area contributed by atoms with Crippen LogP contribution in [-0.4, -0.2) is 39.8 Å². The summed E-state index contributed by atoms with van der Waals surface area (Å²) in [6.07, 6.45) is 4.98. The summed E-state index contributed by atoms with van der Waals surface area (Å²) in [6, 6.07) is 0. The van der Waals surface area contributed by atoms with Gasteiger partial charge in [-0.2, -0.15) is 0 Å². The fourth-order valence-corrected chi connectivity index (χ4v) is 8.42. The number of carbonyl (C=O) groups is 1. The van der Waals surface area contributed by atoms with Gasteiger partial charge >= 0.3 is 8.56 Å². The number of hydrogen-bond donors (Lipinski definition) is 0. The lowest BCUT2D eigenvalue weighted by atomic mass is 10.1. The first kappa shape index (κ1) is 16.9. The van der Waals surface area contributed by atoms with Crippen LogP contribution in [0, 0.1) is 0 Å². The van der Waals surface area contributed by atoms with E-state index in [2.05, 4.69) is 47.6 Å². The first-order chi connectivity index (χ1) is 9.61. The van der Waals surface area contributed by atoms with Gasteiger partial charge in [0.1, 0.15) is 12.4 Å². The molecule has 0 aliphatic carbocycles. The molecule has 4 nitrogen and oxygen atoms in total. The Kier molecular flexibility index (Phi) is 4.51. The summed E-state index contributed by atoms with van der Waals surface area (Å²) >= 11 is 0. The molecule has 0 unspecified atom stereocenters. The van der Waals surface area contributed by atoms with E-state index in [1.807, 2.05) is 6.08 Å². The van der Waals surface area contributed by atoms with Crippen molar-refractivity contribution in [2.24, 2.45) is 0 Å². The maximum absolute atomic E-state index is 10.6. The second kappa shape index (κ2) is 5.61. The van der Waals surface area contributed by atoms with E-state index < -0.39 is 8.56 Å². The molecule has 0 aromatic carbocycles. The average molecular weight is 312 g/mol. The van der Waals surface area contributed by atoms with Crippen LogP contribution in [0.15, 0.2) is 12.2 Å². The van der Waals surface area contributed by atoms with Crippen molar-refractivity contribution < 1.29 is 18.4 Å². The normalized spacial score (nSPS) is 32.6. The maximum Gasteiger partial charge on any atom is 0.349 e. The molecule has 0 saturated carbocycles. The average Bonchev–Trinajstić information content (AvgIpc) is 2.35. The Bertz CT molecular complexity index is 405. The highest BCUT2D eigenvalue weighted by molar-refractivity contribution is 6.73. The van der Waals surface area contributed by atoms with Gasteiger partial charge in [0, 0.05) is 16.5 Å². The summed E-state index contributed by atoms with van der Waals surface area (Å²) in [4.78, 5) is 10.6. The van der Waals surface area contributed by atoms with Crippen LogP contribution >= 0.6 is 0 Å². The van der Waals surface area contributed by atoms with Crippen molar-refractivity contribution in [1.29, 1.82) is 0 Å². The summed E-state index contributed by atoms with van der Waals surface area (Å²) < 4.78 is 18.8. The predicted octanol–water partition coefficient (Wildman–Crippen LogP) is 3.36. The first-order valence-corrected chi connectivity index (χ1v) is 9.51. The van der Waals surface area contributed by atoms with Crippen molar-refractivity contribution >= 4 is 14.8 Å². The van der Waals surface area contributed by atoms with Crippen LogP contribution in [0.2, 0.25) is 10.1 Å². The molecular weight excluding hydrogens is 284 g/mol. The molecule has 1 saturated heterocycles. The Balaban J connectivity index is 2.25. The molecule has 3 atom stereocenters. The number of ether oxygens (including phenoxy) is 1.